The first-order valence-corrected chi connectivity index (χ1v) is 3.25. The molecule has 12 heavy (non-hydrogen) atoms. The lowest BCUT2D eigenvalue weighted by Crippen LogP contribution is -2.03. The van der Waals surface area contributed by atoms with Gasteiger partial charge < -0.3 is 4.74 Å². The van der Waals surface area contributed by atoms with E-state index in [1.165, 1.54) is 12.3 Å². The fraction of sp³-hybridized carbons (Fsp3) is 0.125. The average Bonchev–Trinajstić information content (AvgIpc) is 2.05. The Morgan fingerprint density at radius 3 is 2.67 bits per heavy atom. The van der Waals surface area contributed by atoms with Gasteiger partial charge in [0.2, 0.25) is 5.88 Å². The SMILES string of the molecule is C=Cc1ccc(OC(F)F)nc1. The maximum absolute atomic E-state index is 11.6. The molecule has 0 aromatic carbocycles. The molecule has 0 saturated heterocycles. The number of nitrogens with zero attached hydrogens (tertiary/aromatic N) is 1. The van der Waals surface area contributed by atoms with Crippen molar-refractivity contribution >= 4 is 6.08 Å². The van der Waals surface area contributed by atoms with Crippen molar-refractivity contribution in [1.29, 1.82) is 0 Å². The Hall–Kier alpha value is -1.45. The van der Waals surface area contributed by atoms with Gasteiger partial charge in [-0.1, -0.05) is 12.7 Å². The highest BCUT2D eigenvalue weighted by molar-refractivity contribution is 5.45. The predicted octanol–water partition coefficient (Wildman–Crippen LogP) is 2.33. The minimum absolute atomic E-state index is 0.0874. The molecule has 0 aliphatic carbocycles. The highest BCUT2D eigenvalue weighted by Gasteiger charge is 2.03. The molecule has 0 unspecified atom stereocenters. The predicted molar refractivity (Wildman–Crippen MR) is 41.0 cm³/mol. The zero-order valence-corrected chi connectivity index (χ0v) is 6.21. The largest absolute Gasteiger partial charge is 0.417 e. The second-order valence-corrected chi connectivity index (χ2v) is 2.01. The maximum atomic E-state index is 11.6. The van der Waals surface area contributed by atoms with Gasteiger partial charge in [-0.3, -0.25) is 0 Å². The van der Waals surface area contributed by atoms with Crippen molar-refractivity contribution in [2.24, 2.45) is 0 Å². The molecular weight excluding hydrogens is 164 g/mol. The zero-order valence-electron chi connectivity index (χ0n) is 6.21. The number of alkyl halides is 2. The van der Waals surface area contributed by atoms with E-state index in [2.05, 4.69) is 16.3 Å². The lowest BCUT2D eigenvalue weighted by molar-refractivity contribution is -0.0528. The monoisotopic (exact) mass is 171 g/mol. The van der Waals surface area contributed by atoms with Gasteiger partial charge in [0, 0.05) is 12.3 Å². The summed E-state index contributed by atoms with van der Waals surface area (Å²) in [6.45, 7) is 0.666. The number of pyridine rings is 1. The molecule has 0 aliphatic rings. The fourth-order valence-corrected chi connectivity index (χ4v) is 0.673. The van der Waals surface area contributed by atoms with Crippen LogP contribution in [0.4, 0.5) is 8.78 Å². The molecule has 0 aliphatic heterocycles. The van der Waals surface area contributed by atoms with E-state index in [-0.39, 0.29) is 5.88 Å². The van der Waals surface area contributed by atoms with Crippen LogP contribution in [-0.4, -0.2) is 11.6 Å². The van der Waals surface area contributed by atoms with Crippen molar-refractivity contribution in [1.82, 2.24) is 4.98 Å². The third-order valence-electron chi connectivity index (χ3n) is 1.20. The highest BCUT2D eigenvalue weighted by Crippen LogP contribution is 2.10. The fourth-order valence-electron chi connectivity index (χ4n) is 0.673. The third kappa shape index (κ3) is 2.30. The topological polar surface area (TPSA) is 22.1 Å². The van der Waals surface area contributed by atoms with Gasteiger partial charge in [-0.2, -0.15) is 8.78 Å². The zero-order chi connectivity index (χ0) is 8.97. The first-order valence-electron chi connectivity index (χ1n) is 3.25. The Morgan fingerprint density at radius 2 is 2.25 bits per heavy atom. The molecule has 0 fully saturated rings. The molecule has 1 rings (SSSR count). The van der Waals surface area contributed by atoms with Crippen molar-refractivity contribution in [3.8, 4) is 5.88 Å². The van der Waals surface area contributed by atoms with Gasteiger partial charge in [0.15, 0.2) is 0 Å². The molecule has 1 aromatic heterocycles. The van der Waals surface area contributed by atoms with Crippen LogP contribution in [0, 0.1) is 0 Å². The van der Waals surface area contributed by atoms with Crippen molar-refractivity contribution in [2.75, 3.05) is 0 Å². The van der Waals surface area contributed by atoms with Gasteiger partial charge in [0.25, 0.3) is 0 Å². The summed E-state index contributed by atoms with van der Waals surface area (Å²) in [7, 11) is 0. The quantitative estimate of drug-likeness (QED) is 0.696. The molecule has 0 bridgehead atoms. The van der Waals surface area contributed by atoms with Crippen molar-refractivity contribution < 1.29 is 13.5 Å². The van der Waals surface area contributed by atoms with Crippen molar-refractivity contribution in [3.05, 3.63) is 30.5 Å². The summed E-state index contributed by atoms with van der Waals surface area (Å²) >= 11 is 0. The second-order valence-electron chi connectivity index (χ2n) is 2.01. The first kappa shape index (κ1) is 8.64. The molecule has 1 heterocycles. The Kier molecular flexibility index (Phi) is 2.74. The van der Waals surface area contributed by atoms with Crippen LogP contribution in [0.25, 0.3) is 6.08 Å². The van der Waals surface area contributed by atoms with E-state index in [0.29, 0.717) is 0 Å². The summed E-state index contributed by atoms with van der Waals surface area (Å²) in [4.78, 5) is 3.62. The van der Waals surface area contributed by atoms with Crippen molar-refractivity contribution in [2.45, 2.75) is 6.61 Å². The molecule has 4 heteroatoms. The maximum Gasteiger partial charge on any atom is 0.388 e. The Labute approximate surface area is 68.5 Å². The normalized spacial score (nSPS) is 9.92. The van der Waals surface area contributed by atoms with Crippen LogP contribution < -0.4 is 4.74 Å². The highest BCUT2D eigenvalue weighted by atomic mass is 19.3. The summed E-state index contributed by atoms with van der Waals surface area (Å²) in [6, 6.07) is 2.96. The number of rotatable bonds is 3. The van der Waals surface area contributed by atoms with E-state index >= 15 is 0 Å². The Balaban J connectivity index is 2.71. The van der Waals surface area contributed by atoms with Crippen LogP contribution in [0.15, 0.2) is 24.9 Å². The molecular formula is C8H7F2NO. The number of hydrogen-bond donors (Lipinski definition) is 0. The second kappa shape index (κ2) is 3.80. The lowest BCUT2D eigenvalue weighted by Gasteiger charge is -2.01. The summed E-state index contributed by atoms with van der Waals surface area (Å²) in [5.41, 5.74) is 0.761. The van der Waals surface area contributed by atoms with E-state index in [1.54, 1.807) is 12.1 Å². The summed E-state index contributed by atoms with van der Waals surface area (Å²) in [5, 5.41) is 0. The van der Waals surface area contributed by atoms with Crippen molar-refractivity contribution in [3.63, 3.8) is 0 Å². The molecule has 1 aromatic rings. The van der Waals surface area contributed by atoms with Gasteiger partial charge in [-0.05, 0) is 11.6 Å². The number of aromatic nitrogens is 1. The molecule has 0 spiro atoms. The lowest BCUT2D eigenvalue weighted by atomic mass is 10.3. The molecule has 0 saturated carbocycles. The van der Waals surface area contributed by atoms with E-state index in [9.17, 15) is 8.78 Å². The summed E-state index contributed by atoms with van der Waals surface area (Å²) in [6.07, 6.45) is 2.98. The van der Waals surface area contributed by atoms with Gasteiger partial charge in [-0.15, -0.1) is 0 Å². The van der Waals surface area contributed by atoms with Crippen LogP contribution in [0.1, 0.15) is 5.56 Å². The van der Waals surface area contributed by atoms with Gasteiger partial charge in [0.1, 0.15) is 0 Å². The van der Waals surface area contributed by atoms with E-state index in [0.717, 1.165) is 5.56 Å². The van der Waals surface area contributed by atoms with Gasteiger partial charge in [0.05, 0.1) is 0 Å². The van der Waals surface area contributed by atoms with Crippen LogP contribution in [0.5, 0.6) is 5.88 Å². The molecule has 64 valence electrons. The molecule has 0 radical (unpaired) electrons. The van der Waals surface area contributed by atoms with Gasteiger partial charge in [-0.25, -0.2) is 4.98 Å². The third-order valence-corrected chi connectivity index (χ3v) is 1.20. The summed E-state index contributed by atoms with van der Waals surface area (Å²) < 4.78 is 27.3. The van der Waals surface area contributed by atoms with Crippen LogP contribution >= 0.6 is 0 Å². The van der Waals surface area contributed by atoms with E-state index in [4.69, 9.17) is 0 Å². The number of halogens is 2. The summed E-state index contributed by atoms with van der Waals surface area (Å²) in [5.74, 6) is -0.0874. The molecule has 0 amide bonds. The molecule has 2 nitrogen and oxygen atoms in total. The Morgan fingerprint density at radius 1 is 1.50 bits per heavy atom. The minimum atomic E-state index is -2.83. The van der Waals surface area contributed by atoms with Gasteiger partial charge >= 0.3 is 6.61 Å². The first-order chi connectivity index (χ1) is 5.72. The number of hydrogen-bond acceptors (Lipinski definition) is 2. The Bertz CT molecular complexity index is 258. The van der Waals surface area contributed by atoms with Crippen LogP contribution in [0.3, 0.4) is 0 Å². The smallest absolute Gasteiger partial charge is 0.388 e. The van der Waals surface area contributed by atoms with E-state index in [1.807, 2.05) is 0 Å². The molecule has 0 N–H and O–H groups in total. The van der Waals surface area contributed by atoms with Crippen LogP contribution in [-0.2, 0) is 0 Å². The van der Waals surface area contributed by atoms with E-state index < -0.39 is 6.61 Å². The standard InChI is InChI=1S/C8H7F2NO/c1-2-6-3-4-7(11-5-6)12-8(9)10/h2-5,8H,1H2. The minimum Gasteiger partial charge on any atom is -0.417 e. The van der Waals surface area contributed by atoms with Crippen LogP contribution in [0.2, 0.25) is 0 Å². The molecule has 0 atom stereocenters. The number of ether oxygens (including phenoxy) is 1. The average molecular weight is 171 g/mol.